The summed E-state index contributed by atoms with van der Waals surface area (Å²) in [5, 5.41) is 19.7. The number of hydrogen-bond donors (Lipinski definition) is 1. The van der Waals surface area contributed by atoms with Gasteiger partial charge in [0.1, 0.15) is 11.0 Å². The standard InChI is InChI=1S/C10H15NO4S/c11-6-9(3-5-16(13,14)8-9)10(12)2-1-4-15-7-10/h12H,1-5,7-8H2. The summed E-state index contributed by atoms with van der Waals surface area (Å²) in [7, 11) is -3.19. The molecule has 2 saturated heterocycles. The van der Waals surface area contributed by atoms with Gasteiger partial charge in [0.05, 0.1) is 24.2 Å². The van der Waals surface area contributed by atoms with Crippen molar-refractivity contribution >= 4 is 9.84 Å². The molecule has 0 saturated carbocycles. The lowest BCUT2D eigenvalue weighted by molar-refractivity contribution is -0.135. The summed E-state index contributed by atoms with van der Waals surface area (Å²) >= 11 is 0. The molecule has 0 radical (unpaired) electrons. The molecule has 0 amide bonds. The first-order chi connectivity index (χ1) is 7.43. The van der Waals surface area contributed by atoms with Gasteiger partial charge in [0.25, 0.3) is 0 Å². The SMILES string of the molecule is N#CC1(C2(O)CCCOC2)CCS(=O)(=O)C1. The highest BCUT2D eigenvalue weighted by atomic mass is 32.2. The van der Waals surface area contributed by atoms with Crippen molar-refractivity contribution in [2.75, 3.05) is 24.7 Å². The van der Waals surface area contributed by atoms with Crippen molar-refractivity contribution in [3.05, 3.63) is 0 Å². The van der Waals surface area contributed by atoms with E-state index in [4.69, 9.17) is 4.74 Å². The minimum Gasteiger partial charge on any atom is -0.386 e. The van der Waals surface area contributed by atoms with Crippen LogP contribution in [0.3, 0.4) is 0 Å². The molecule has 2 atom stereocenters. The molecule has 2 fully saturated rings. The van der Waals surface area contributed by atoms with E-state index in [1.165, 1.54) is 0 Å². The van der Waals surface area contributed by atoms with E-state index in [1.54, 1.807) is 0 Å². The molecule has 6 heteroatoms. The summed E-state index contributed by atoms with van der Waals surface area (Å²) in [5.74, 6) is -0.251. The van der Waals surface area contributed by atoms with Gasteiger partial charge in [0, 0.05) is 6.61 Å². The van der Waals surface area contributed by atoms with Gasteiger partial charge in [-0.1, -0.05) is 0 Å². The lowest BCUT2D eigenvalue weighted by atomic mass is 9.70. The fourth-order valence-corrected chi connectivity index (χ4v) is 4.60. The first-order valence-electron chi connectivity index (χ1n) is 5.35. The second kappa shape index (κ2) is 3.69. The Morgan fingerprint density at radius 1 is 1.38 bits per heavy atom. The Morgan fingerprint density at radius 2 is 2.12 bits per heavy atom. The Balaban J connectivity index is 2.33. The van der Waals surface area contributed by atoms with Gasteiger partial charge in [-0.2, -0.15) is 5.26 Å². The zero-order chi connectivity index (χ0) is 11.9. The molecule has 0 aromatic carbocycles. The smallest absolute Gasteiger partial charge is 0.152 e. The maximum Gasteiger partial charge on any atom is 0.152 e. The van der Waals surface area contributed by atoms with E-state index in [0.29, 0.717) is 19.4 Å². The number of nitriles is 1. The van der Waals surface area contributed by atoms with Gasteiger partial charge in [-0.3, -0.25) is 0 Å². The zero-order valence-electron chi connectivity index (χ0n) is 8.98. The minimum atomic E-state index is -3.19. The Kier molecular flexibility index (Phi) is 2.73. The van der Waals surface area contributed by atoms with Gasteiger partial charge in [-0.15, -0.1) is 0 Å². The molecular weight excluding hydrogens is 230 g/mol. The molecule has 0 aromatic rings. The van der Waals surface area contributed by atoms with E-state index < -0.39 is 20.9 Å². The lowest BCUT2D eigenvalue weighted by Crippen LogP contribution is -2.53. The molecular formula is C10H15NO4S. The van der Waals surface area contributed by atoms with Gasteiger partial charge in [-0.25, -0.2) is 8.42 Å². The van der Waals surface area contributed by atoms with Gasteiger partial charge < -0.3 is 9.84 Å². The largest absolute Gasteiger partial charge is 0.386 e. The van der Waals surface area contributed by atoms with E-state index in [-0.39, 0.29) is 24.5 Å². The highest BCUT2D eigenvalue weighted by Crippen LogP contribution is 2.45. The van der Waals surface area contributed by atoms with Crippen molar-refractivity contribution in [2.24, 2.45) is 5.41 Å². The van der Waals surface area contributed by atoms with Gasteiger partial charge in [-0.05, 0) is 19.3 Å². The molecule has 2 unspecified atom stereocenters. The summed E-state index contributed by atoms with van der Waals surface area (Å²) in [6, 6.07) is 2.03. The Bertz CT molecular complexity index is 419. The maximum atomic E-state index is 11.5. The van der Waals surface area contributed by atoms with Crippen LogP contribution in [0.1, 0.15) is 19.3 Å². The Labute approximate surface area is 94.9 Å². The first kappa shape index (κ1) is 11.8. The average molecular weight is 245 g/mol. The molecule has 16 heavy (non-hydrogen) atoms. The molecule has 2 rings (SSSR count). The molecule has 1 N–H and O–H groups in total. The number of nitrogens with zero attached hydrogens (tertiary/aromatic N) is 1. The van der Waals surface area contributed by atoms with Gasteiger partial charge in [0.15, 0.2) is 9.84 Å². The fourth-order valence-electron chi connectivity index (χ4n) is 2.57. The normalized spacial score (nSPS) is 42.8. The van der Waals surface area contributed by atoms with Crippen molar-refractivity contribution in [2.45, 2.75) is 24.9 Å². The minimum absolute atomic E-state index is 0.0110. The van der Waals surface area contributed by atoms with Gasteiger partial charge >= 0.3 is 0 Å². The Morgan fingerprint density at radius 3 is 2.56 bits per heavy atom. The third kappa shape index (κ3) is 1.73. The first-order valence-corrected chi connectivity index (χ1v) is 7.17. The van der Waals surface area contributed by atoms with Gasteiger partial charge in [0.2, 0.25) is 0 Å². The summed E-state index contributed by atoms with van der Waals surface area (Å²) in [6.07, 6.45) is 1.32. The molecule has 0 bridgehead atoms. The van der Waals surface area contributed by atoms with Crippen molar-refractivity contribution < 1.29 is 18.3 Å². The molecule has 2 heterocycles. The molecule has 0 spiro atoms. The van der Waals surface area contributed by atoms with Crippen molar-refractivity contribution in [3.63, 3.8) is 0 Å². The summed E-state index contributed by atoms with van der Waals surface area (Å²) < 4.78 is 28.2. The van der Waals surface area contributed by atoms with Crippen LogP contribution in [0, 0.1) is 16.7 Å². The number of aliphatic hydroxyl groups is 1. The molecule has 2 aliphatic heterocycles. The van der Waals surface area contributed by atoms with Crippen LogP contribution in [-0.2, 0) is 14.6 Å². The number of hydrogen-bond acceptors (Lipinski definition) is 5. The predicted octanol–water partition coefficient (Wildman–Crippen LogP) is -0.144. The number of ether oxygens (including phenoxy) is 1. The van der Waals surface area contributed by atoms with Crippen LogP contribution in [0.5, 0.6) is 0 Å². The average Bonchev–Trinajstić information content (AvgIpc) is 2.57. The van der Waals surface area contributed by atoms with Crippen LogP contribution >= 0.6 is 0 Å². The second-order valence-electron chi connectivity index (χ2n) is 4.72. The molecule has 0 aliphatic carbocycles. The van der Waals surface area contributed by atoms with E-state index in [9.17, 15) is 18.8 Å². The predicted molar refractivity (Wildman–Crippen MR) is 56.3 cm³/mol. The van der Waals surface area contributed by atoms with Crippen molar-refractivity contribution in [3.8, 4) is 6.07 Å². The van der Waals surface area contributed by atoms with Crippen LogP contribution in [0.25, 0.3) is 0 Å². The third-order valence-corrected chi connectivity index (χ3v) is 5.39. The Hall–Kier alpha value is -0.640. The topological polar surface area (TPSA) is 87.4 Å². The van der Waals surface area contributed by atoms with E-state index in [1.807, 2.05) is 6.07 Å². The van der Waals surface area contributed by atoms with Crippen LogP contribution in [0.4, 0.5) is 0 Å². The zero-order valence-corrected chi connectivity index (χ0v) is 9.79. The molecule has 90 valence electrons. The summed E-state index contributed by atoms with van der Waals surface area (Å²) in [6.45, 7) is 0.632. The van der Waals surface area contributed by atoms with E-state index in [2.05, 4.69) is 0 Å². The van der Waals surface area contributed by atoms with Crippen LogP contribution in [0.15, 0.2) is 0 Å². The van der Waals surface area contributed by atoms with E-state index >= 15 is 0 Å². The highest BCUT2D eigenvalue weighted by molar-refractivity contribution is 7.91. The second-order valence-corrected chi connectivity index (χ2v) is 6.91. The van der Waals surface area contributed by atoms with Crippen LogP contribution < -0.4 is 0 Å². The number of rotatable bonds is 1. The molecule has 2 aliphatic rings. The maximum absolute atomic E-state index is 11.5. The summed E-state index contributed by atoms with van der Waals surface area (Å²) in [4.78, 5) is 0. The lowest BCUT2D eigenvalue weighted by Gasteiger charge is -2.41. The molecule has 5 nitrogen and oxygen atoms in total. The summed E-state index contributed by atoms with van der Waals surface area (Å²) in [5.41, 5.74) is -2.48. The quantitative estimate of drug-likeness (QED) is 0.694. The number of sulfone groups is 1. The van der Waals surface area contributed by atoms with Crippen molar-refractivity contribution in [1.82, 2.24) is 0 Å². The van der Waals surface area contributed by atoms with Crippen molar-refractivity contribution in [1.29, 1.82) is 5.26 Å². The fraction of sp³-hybridized carbons (Fsp3) is 0.900. The van der Waals surface area contributed by atoms with Crippen LogP contribution in [-0.4, -0.2) is 43.8 Å². The third-order valence-electron chi connectivity index (χ3n) is 3.63. The monoisotopic (exact) mass is 245 g/mol. The molecule has 0 aromatic heterocycles. The van der Waals surface area contributed by atoms with E-state index in [0.717, 1.165) is 0 Å². The highest BCUT2D eigenvalue weighted by Gasteiger charge is 2.57. The van der Waals surface area contributed by atoms with Crippen LogP contribution in [0.2, 0.25) is 0 Å².